The van der Waals surface area contributed by atoms with Gasteiger partial charge in [-0.1, -0.05) is 24.3 Å². The molecule has 0 unspecified atom stereocenters. The lowest BCUT2D eigenvalue weighted by molar-refractivity contribution is -0.384. The molecule has 0 spiro atoms. The third-order valence-electron chi connectivity index (χ3n) is 3.61. The van der Waals surface area contributed by atoms with Crippen LogP contribution in [0.15, 0.2) is 66.3 Å². The van der Waals surface area contributed by atoms with Gasteiger partial charge in [0.05, 0.1) is 10.6 Å². The maximum atomic E-state index is 12.4. The van der Waals surface area contributed by atoms with Crippen molar-refractivity contribution < 1.29 is 14.5 Å². The summed E-state index contributed by atoms with van der Waals surface area (Å²) in [6.45, 7) is 0. The maximum Gasteiger partial charge on any atom is 0.282 e. The number of carbonyl (C=O) groups is 2. The summed E-state index contributed by atoms with van der Waals surface area (Å²) in [5.41, 5.74) is 3.63. The fourth-order valence-electron chi connectivity index (χ4n) is 2.35. The van der Waals surface area contributed by atoms with E-state index in [1.54, 1.807) is 30.3 Å². The third kappa shape index (κ3) is 3.80. The highest BCUT2D eigenvalue weighted by Gasteiger charge is 2.33. The van der Waals surface area contributed by atoms with Crippen molar-refractivity contribution >= 4 is 51.9 Å². The normalized spacial score (nSPS) is 15.7. The van der Waals surface area contributed by atoms with Crippen LogP contribution in [0.25, 0.3) is 6.08 Å². The summed E-state index contributed by atoms with van der Waals surface area (Å²) < 4.78 is 1.01. The Morgan fingerprint density at radius 2 is 1.85 bits per heavy atom. The fourth-order valence-corrected chi connectivity index (χ4v) is 2.71. The number of rotatable bonds is 4. The van der Waals surface area contributed by atoms with Crippen LogP contribution in [0.1, 0.15) is 5.56 Å². The molecule has 26 heavy (non-hydrogen) atoms. The van der Waals surface area contributed by atoms with E-state index in [2.05, 4.69) is 28.0 Å². The molecule has 130 valence electrons. The largest absolute Gasteiger partial charge is 0.282 e. The fraction of sp³-hybridized carbons (Fsp3) is 0. The Hall–Kier alpha value is -3.01. The molecule has 2 aromatic rings. The number of halogens is 1. The van der Waals surface area contributed by atoms with E-state index in [0.29, 0.717) is 11.3 Å². The minimum atomic E-state index is -0.503. The van der Waals surface area contributed by atoms with Gasteiger partial charge in [-0.05, 0) is 58.5 Å². The highest BCUT2D eigenvalue weighted by molar-refractivity contribution is 14.1. The van der Waals surface area contributed by atoms with Gasteiger partial charge in [0.25, 0.3) is 17.5 Å². The molecule has 0 aromatic heterocycles. The predicted octanol–water partition coefficient (Wildman–Crippen LogP) is 3.22. The molecule has 3 rings (SSSR count). The van der Waals surface area contributed by atoms with Crippen molar-refractivity contribution in [3.8, 4) is 0 Å². The molecule has 1 N–H and O–H groups in total. The zero-order chi connectivity index (χ0) is 18.7. The van der Waals surface area contributed by atoms with Crippen molar-refractivity contribution in [3.63, 3.8) is 0 Å². The zero-order valence-electron chi connectivity index (χ0n) is 13.3. The van der Waals surface area contributed by atoms with Crippen LogP contribution in [0.3, 0.4) is 0 Å². The average molecular weight is 461 g/mol. The number of benzene rings is 2. The first-order valence-electron chi connectivity index (χ1n) is 7.49. The van der Waals surface area contributed by atoms with Crippen LogP contribution in [0, 0.1) is 13.7 Å². The number of nitrogens with zero attached hydrogens (tertiary/aromatic N) is 2. The molecule has 1 heterocycles. The van der Waals surface area contributed by atoms with Gasteiger partial charge in [-0.25, -0.2) is 5.01 Å². The van der Waals surface area contributed by atoms with Crippen LogP contribution >= 0.6 is 22.6 Å². The molecule has 2 aromatic carbocycles. The average Bonchev–Trinajstić information content (AvgIpc) is 2.91. The summed E-state index contributed by atoms with van der Waals surface area (Å²) in [5.74, 6) is -0.961. The van der Waals surface area contributed by atoms with Crippen molar-refractivity contribution in [3.05, 3.63) is 85.5 Å². The number of allylic oxidation sites excluding steroid dienone is 2. The van der Waals surface area contributed by atoms with Gasteiger partial charge < -0.3 is 0 Å². The Balaban J connectivity index is 1.79. The van der Waals surface area contributed by atoms with E-state index in [1.807, 2.05) is 12.1 Å². The highest BCUT2D eigenvalue weighted by atomic mass is 127. The smallest absolute Gasteiger partial charge is 0.267 e. The molecule has 2 amide bonds. The van der Waals surface area contributed by atoms with Gasteiger partial charge in [0.15, 0.2) is 0 Å². The number of hydrogen-bond donors (Lipinski definition) is 1. The molecule has 0 aliphatic carbocycles. The SMILES string of the molecule is O=C1NN(c2ccc(I)cc2)C(=O)/C1=C/C=C/c1cccc([N+](=O)[O-])c1. The number of hydrazine groups is 1. The van der Waals surface area contributed by atoms with Crippen LogP contribution in [-0.2, 0) is 9.59 Å². The Bertz CT molecular complexity index is 951. The predicted molar refractivity (Wildman–Crippen MR) is 105 cm³/mol. The molecular formula is C18H12IN3O4. The number of nitrogens with one attached hydrogen (secondary N) is 1. The number of hydrogen-bond acceptors (Lipinski definition) is 4. The second-order valence-corrected chi connectivity index (χ2v) is 6.60. The van der Waals surface area contributed by atoms with E-state index in [9.17, 15) is 19.7 Å². The Morgan fingerprint density at radius 3 is 2.54 bits per heavy atom. The number of nitro benzene ring substituents is 1. The van der Waals surface area contributed by atoms with E-state index in [-0.39, 0.29) is 11.3 Å². The van der Waals surface area contributed by atoms with Crippen LogP contribution in [0.4, 0.5) is 11.4 Å². The van der Waals surface area contributed by atoms with E-state index < -0.39 is 16.7 Å². The summed E-state index contributed by atoms with van der Waals surface area (Å²) in [6.07, 6.45) is 4.50. The van der Waals surface area contributed by atoms with Gasteiger partial charge in [-0.3, -0.25) is 25.1 Å². The van der Waals surface area contributed by atoms with Gasteiger partial charge in [0.2, 0.25) is 0 Å². The molecule has 1 aliphatic heterocycles. The maximum absolute atomic E-state index is 12.4. The van der Waals surface area contributed by atoms with Crippen molar-refractivity contribution in [1.82, 2.24) is 5.43 Å². The van der Waals surface area contributed by atoms with Crippen LogP contribution in [0.2, 0.25) is 0 Å². The number of nitro groups is 1. The van der Waals surface area contributed by atoms with E-state index in [4.69, 9.17) is 0 Å². The summed E-state index contributed by atoms with van der Waals surface area (Å²) in [4.78, 5) is 34.8. The van der Waals surface area contributed by atoms with Crippen LogP contribution < -0.4 is 10.4 Å². The van der Waals surface area contributed by atoms with Gasteiger partial charge in [0.1, 0.15) is 5.57 Å². The molecule has 0 atom stereocenters. The summed E-state index contributed by atoms with van der Waals surface area (Å²) in [6, 6.07) is 13.2. The molecular weight excluding hydrogens is 449 g/mol. The Morgan fingerprint density at radius 1 is 1.12 bits per heavy atom. The first kappa shape index (κ1) is 17.8. The lowest BCUT2D eigenvalue weighted by Crippen LogP contribution is -2.35. The van der Waals surface area contributed by atoms with Gasteiger partial charge in [0, 0.05) is 15.7 Å². The third-order valence-corrected chi connectivity index (χ3v) is 4.33. The highest BCUT2D eigenvalue weighted by Crippen LogP contribution is 2.21. The number of anilines is 1. The van der Waals surface area contributed by atoms with Gasteiger partial charge >= 0.3 is 0 Å². The van der Waals surface area contributed by atoms with E-state index in [1.165, 1.54) is 29.3 Å². The molecule has 0 saturated carbocycles. The minimum absolute atomic E-state index is 0.00905. The zero-order valence-corrected chi connectivity index (χ0v) is 15.4. The topological polar surface area (TPSA) is 92.6 Å². The monoisotopic (exact) mass is 461 g/mol. The van der Waals surface area contributed by atoms with Crippen molar-refractivity contribution in [2.75, 3.05) is 5.01 Å². The summed E-state index contributed by atoms with van der Waals surface area (Å²) >= 11 is 2.15. The number of non-ortho nitro benzene ring substituents is 1. The molecule has 1 saturated heterocycles. The van der Waals surface area contributed by atoms with Crippen molar-refractivity contribution in [2.45, 2.75) is 0 Å². The van der Waals surface area contributed by atoms with Gasteiger partial charge in [-0.15, -0.1) is 0 Å². The number of amides is 2. The first-order valence-corrected chi connectivity index (χ1v) is 8.57. The van der Waals surface area contributed by atoms with Crippen LogP contribution in [-0.4, -0.2) is 16.7 Å². The quantitative estimate of drug-likeness (QED) is 0.249. The van der Waals surface area contributed by atoms with E-state index in [0.717, 1.165) is 3.57 Å². The van der Waals surface area contributed by atoms with Crippen molar-refractivity contribution in [1.29, 1.82) is 0 Å². The second-order valence-electron chi connectivity index (χ2n) is 5.35. The Kier molecular flexibility index (Phi) is 5.12. The summed E-state index contributed by atoms with van der Waals surface area (Å²) in [7, 11) is 0. The molecule has 1 fully saturated rings. The molecule has 1 aliphatic rings. The number of carbonyl (C=O) groups excluding carboxylic acids is 2. The summed E-state index contributed by atoms with van der Waals surface area (Å²) in [5, 5.41) is 12.0. The van der Waals surface area contributed by atoms with Crippen molar-refractivity contribution in [2.24, 2.45) is 0 Å². The van der Waals surface area contributed by atoms with E-state index >= 15 is 0 Å². The lowest BCUT2D eigenvalue weighted by Gasteiger charge is -2.14. The Labute approximate surface area is 162 Å². The first-order chi connectivity index (χ1) is 12.5. The standard InChI is InChI=1S/C18H12IN3O4/c19-13-7-9-14(10-8-13)21-18(24)16(17(23)20-21)6-2-4-12-3-1-5-15(11-12)22(25)26/h1-11H,(H,20,23)/b4-2+,16-6+. The lowest BCUT2D eigenvalue weighted by atomic mass is 10.1. The molecule has 7 nitrogen and oxygen atoms in total. The second kappa shape index (κ2) is 7.48. The molecule has 0 radical (unpaired) electrons. The molecule has 0 bridgehead atoms. The van der Waals surface area contributed by atoms with Crippen LogP contribution in [0.5, 0.6) is 0 Å². The minimum Gasteiger partial charge on any atom is -0.267 e. The van der Waals surface area contributed by atoms with Gasteiger partial charge in [-0.2, -0.15) is 0 Å². The molecule has 8 heteroatoms.